The van der Waals surface area contributed by atoms with Gasteiger partial charge in [0, 0.05) is 115 Å². The van der Waals surface area contributed by atoms with Crippen LogP contribution in [0.4, 0.5) is 20.0 Å². The molecule has 0 aliphatic carbocycles. The highest BCUT2D eigenvalue weighted by Crippen LogP contribution is 2.45. The van der Waals surface area contributed by atoms with E-state index in [1.54, 1.807) is 36.4 Å². The SMILES string of the molecule is C.C.C.C.CN(C)c1sc(C(=O)c2ccc(Br)cc2)cc1-c1ccc(Oc2ccccc2)cc1.CN(C)c1sc(C(=O)c2ccc(Cl)cc2)cc1-c1ccc(Oc2ccccc2)cc1.CN(C)c1sc(C(=O)c2ccccc2)cc1-c1ccc(Oc2ccccc2)cc1.Cc1cc(Cl)ccc1C(=O)c1cc(-c2ccc(Oc3ccccc3)cc2)c(N(C)C)s1. The van der Waals surface area contributed by atoms with Gasteiger partial charge in [0.15, 0.2) is 0 Å². The number of anilines is 4. The zero-order valence-electron chi connectivity index (χ0n) is 67.2. The highest BCUT2D eigenvalue weighted by atomic mass is 79.9. The predicted molar refractivity (Wildman–Crippen MR) is 531 cm³/mol. The smallest absolute Gasteiger partial charge is 0.203 e. The van der Waals surface area contributed by atoms with E-state index in [1.807, 2.05) is 381 Å². The topological polar surface area (TPSA) is 118 Å². The lowest BCUT2D eigenvalue weighted by Crippen LogP contribution is -2.07. The Bertz CT molecular complexity index is 5940. The van der Waals surface area contributed by atoms with Gasteiger partial charge in [-0.25, -0.2) is 0 Å². The Kier molecular flexibility index (Phi) is 34.7. The lowest BCUT2D eigenvalue weighted by atomic mass is 10.0. The zero-order chi connectivity index (χ0) is 84.3. The number of thiophene rings is 4. The van der Waals surface area contributed by atoms with Gasteiger partial charge in [-0.1, -0.05) is 220 Å². The summed E-state index contributed by atoms with van der Waals surface area (Å²) < 4.78 is 24.5. The second-order valence-corrected chi connectivity index (χ2v) is 34.2. The first-order chi connectivity index (χ1) is 58.0. The number of carbonyl (C=O) groups excluding carboxylic acids is 4. The second-order valence-electron chi connectivity index (χ2n) is 28.3. The van der Waals surface area contributed by atoms with Crippen LogP contribution in [0.3, 0.4) is 0 Å². The molecule has 0 aliphatic rings. The summed E-state index contributed by atoms with van der Waals surface area (Å²) in [4.78, 5) is 63.1. The fourth-order valence-corrected chi connectivity index (χ4v) is 17.5. The Morgan fingerprint density at radius 3 is 0.750 bits per heavy atom. The largest absolute Gasteiger partial charge is 0.457 e. The van der Waals surface area contributed by atoms with Gasteiger partial charge in [0.2, 0.25) is 23.1 Å². The number of nitrogens with zero attached hydrogens (tertiary/aromatic N) is 4. The van der Waals surface area contributed by atoms with E-state index in [1.165, 1.54) is 45.3 Å². The Hall–Kier alpha value is -12.4. The molecule has 0 saturated heterocycles. The summed E-state index contributed by atoms with van der Waals surface area (Å²) >= 11 is 21.4. The van der Waals surface area contributed by atoms with Gasteiger partial charge in [-0.2, -0.15) is 0 Å². The summed E-state index contributed by atoms with van der Waals surface area (Å²) in [5.74, 6) is 6.38. The highest BCUT2D eigenvalue weighted by Gasteiger charge is 2.25. The third-order valence-electron chi connectivity index (χ3n) is 18.6. The quantitative estimate of drug-likeness (QED) is 0.0536. The van der Waals surface area contributed by atoms with Crippen molar-refractivity contribution in [2.45, 2.75) is 36.6 Å². The molecule has 0 N–H and O–H groups in total. The van der Waals surface area contributed by atoms with Crippen LogP contribution in [-0.2, 0) is 0 Å². The maximum atomic E-state index is 13.2. The molecule has 4 heterocycles. The number of ether oxygens (including phenoxy) is 4. The molecule has 632 valence electrons. The molecule has 12 aromatic carbocycles. The molecule has 16 rings (SSSR count). The van der Waals surface area contributed by atoms with Crippen molar-refractivity contribution in [3.8, 4) is 90.5 Å². The second kappa shape index (κ2) is 45.1. The maximum absolute atomic E-state index is 13.2. The van der Waals surface area contributed by atoms with Gasteiger partial charge in [-0.3, -0.25) is 19.2 Å². The predicted octanol–water partition coefficient (Wildman–Crippen LogP) is 30.9. The van der Waals surface area contributed by atoms with Crippen LogP contribution < -0.4 is 38.5 Å². The van der Waals surface area contributed by atoms with Gasteiger partial charge in [0.1, 0.15) is 46.0 Å². The van der Waals surface area contributed by atoms with Crippen molar-refractivity contribution in [2.75, 3.05) is 76.0 Å². The molecule has 0 saturated carbocycles. The molecule has 0 fully saturated rings. The van der Waals surface area contributed by atoms with Crippen molar-refractivity contribution in [3.05, 3.63) is 402 Å². The van der Waals surface area contributed by atoms with Gasteiger partial charge < -0.3 is 38.5 Å². The van der Waals surface area contributed by atoms with E-state index in [4.69, 9.17) is 42.1 Å². The zero-order valence-corrected chi connectivity index (χ0v) is 73.5. The van der Waals surface area contributed by atoms with Crippen molar-refractivity contribution in [1.82, 2.24) is 0 Å². The first kappa shape index (κ1) is 95.4. The summed E-state index contributed by atoms with van der Waals surface area (Å²) in [5.41, 5.74) is 11.9. The summed E-state index contributed by atoms with van der Waals surface area (Å²) in [5, 5.41) is 5.42. The van der Waals surface area contributed by atoms with Crippen molar-refractivity contribution in [3.63, 3.8) is 0 Å². The van der Waals surface area contributed by atoms with Crippen LogP contribution in [0.1, 0.15) is 96.2 Å². The molecule has 0 amide bonds. The minimum Gasteiger partial charge on any atom is -0.457 e. The molecular weight excluding hydrogens is 1720 g/mol. The minimum atomic E-state index is -0.00459. The van der Waals surface area contributed by atoms with E-state index in [0.717, 1.165) is 130 Å². The lowest BCUT2D eigenvalue weighted by molar-refractivity contribution is 0.103. The number of halogens is 3. The molecule has 0 unspecified atom stereocenters. The molecule has 19 heteroatoms. The number of rotatable bonds is 24. The highest BCUT2D eigenvalue weighted by molar-refractivity contribution is 9.10. The summed E-state index contributed by atoms with van der Waals surface area (Å²) in [6.45, 7) is 1.91. The van der Waals surface area contributed by atoms with Crippen molar-refractivity contribution < 1.29 is 38.1 Å². The van der Waals surface area contributed by atoms with E-state index < -0.39 is 0 Å². The normalized spacial score (nSPS) is 10.3. The number of ketones is 4. The van der Waals surface area contributed by atoms with E-state index in [0.29, 0.717) is 42.1 Å². The van der Waals surface area contributed by atoms with Gasteiger partial charge in [-0.05, 0) is 223 Å². The van der Waals surface area contributed by atoms with Gasteiger partial charge in [-0.15, -0.1) is 45.3 Å². The van der Waals surface area contributed by atoms with Crippen LogP contribution >= 0.6 is 84.5 Å². The number of benzene rings is 12. The molecule has 124 heavy (non-hydrogen) atoms. The molecule has 0 atom stereocenters. The fourth-order valence-electron chi connectivity index (χ4n) is 12.7. The Balaban J connectivity index is 0.000000185. The molecule has 12 nitrogen and oxygen atoms in total. The van der Waals surface area contributed by atoms with Crippen molar-refractivity contribution in [2.24, 2.45) is 0 Å². The number of para-hydroxylation sites is 4. The molecule has 0 radical (unpaired) electrons. The van der Waals surface area contributed by atoms with Crippen LogP contribution in [0.15, 0.2) is 344 Å². The van der Waals surface area contributed by atoms with Crippen LogP contribution in [0.25, 0.3) is 44.5 Å². The lowest BCUT2D eigenvalue weighted by Gasteiger charge is -2.13. The Labute approximate surface area is 764 Å². The van der Waals surface area contributed by atoms with Gasteiger partial charge in [0.25, 0.3) is 0 Å². The third-order valence-corrected chi connectivity index (χ3v) is 24.9. The van der Waals surface area contributed by atoms with Gasteiger partial charge in [0.05, 0.1) is 39.5 Å². The Morgan fingerprint density at radius 1 is 0.266 bits per heavy atom. The first-order valence-electron chi connectivity index (χ1n) is 38.2. The van der Waals surface area contributed by atoms with E-state index in [9.17, 15) is 19.2 Å². The average Bonchev–Trinajstić information content (AvgIpc) is 1.66. The van der Waals surface area contributed by atoms with Crippen LogP contribution in [-0.4, -0.2) is 79.5 Å². The third kappa shape index (κ3) is 24.7. The monoisotopic (exact) mass is 1820 g/mol. The fraction of sp³-hybridized carbons (Fsp3) is 0.124. The van der Waals surface area contributed by atoms with E-state index in [2.05, 4.69) is 20.8 Å². The molecule has 0 bridgehead atoms. The van der Waals surface area contributed by atoms with Crippen LogP contribution in [0.2, 0.25) is 10.0 Å². The minimum absolute atomic E-state index is 0. The Morgan fingerprint density at radius 2 is 0.492 bits per heavy atom. The maximum Gasteiger partial charge on any atom is 0.203 e. The molecule has 0 spiro atoms. The summed E-state index contributed by atoms with van der Waals surface area (Å²) in [6.07, 6.45) is 0. The first-order valence-corrected chi connectivity index (χ1v) is 43.0. The van der Waals surface area contributed by atoms with Gasteiger partial charge >= 0.3 is 0 Å². The van der Waals surface area contributed by atoms with Crippen molar-refractivity contribution >= 4 is 128 Å². The van der Waals surface area contributed by atoms with Crippen LogP contribution in [0, 0.1) is 6.92 Å². The standard InChI is InChI=1S/C26H22ClNO2S.C25H20BrNO2S.C25H20ClNO2S.C25H21NO2S.4CH4/c1-17-15-19(27)11-14-22(17)25(29)24-16-23(26(31-24)28(2)3)18-9-12-21(13-10-18)30-20-7-5-4-6-8-20;2*1-27(2)25-22(16-23(30-25)24(28)18-8-12-19(26)13-9-18)17-10-14-21(15-11-17)29-20-6-4-3-5-7-20;1-26(2)25-22(17-23(29-25)24(27)19-9-5-3-6-10-19)18-13-15-21(16-14-18)28-20-11-7-4-8-12-20;;;;/h4-16H,1-3H3;2*3-16H,1-2H3;3-17H,1-2H3;4*1H4. The summed E-state index contributed by atoms with van der Waals surface area (Å²) in [7, 11) is 15.9. The molecule has 0 aliphatic heterocycles. The van der Waals surface area contributed by atoms with E-state index in [-0.39, 0.29) is 52.8 Å². The van der Waals surface area contributed by atoms with Crippen molar-refractivity contribution in [1.29, 1.82) is 0 Å². The number of aryl methyl sites for hydroxylation is 1. The molecular formula is C105H99BrCl2N4O8S4. The molecule has 4 aromatic heterocycles. The van der Waals surface area contributed by atoms with E-state index >= 15 is 0 Å². The van der Waals surface area contributed by atoms with Crippen LogP contribution in [0.5, 0.6) is 46.0 Å². The number of carbonyl (C=O) groups is 4. The number of hydrogen-bond donors (Lipinski definition) is 0. The summed E-state index contributed by atoms with van der Waals surface area (Å²) in [6, 6.07) is 108. The number of hydrogen-bond acceptors (Lipinski definition) is 16. The molecule has 16 aromatic rings. The average molecular weight is 1820 g/mol.